The second-order valence-electron chi connectivity index (χ2n) is 3.34. The standard InChI is InChI=1S/C11H14O5/c1-7-6-8(10(13)11(14)15)2-3-9(7)16-5-4-12/h2-3,6,10,12-13H,4-5H2,1H3,(H,14,15)/t10-/m1/s1. The number of carboxylic acids is 1. The van der Waals surface area contributed by atoms with Crippen molar-refractivity contribution in [1.82, 2.24) is 0 Å². The van der Waals surface area contributed by atoms with Gasteiger partial charge in [0.15, 0.2) is 6.10 Å². The van der Waals surface area contributed by atoms with Crippen LogP contribution in [0.25, 0.3) is 0 Å². The van der Waals surface area contributed by atoms with Gasteiger partial charge in [-0.15, -0.1) is 0 Å². The van der Waals surface area contributed by atoms with Gasteiger partial charge in [0, 0.05) is 0 Å². The summed E-state index contributed by atoms with van der Waals surface area (Å²) in [5.41, 5.74) is 1.02. The number of aliphatic hydroxyl groups excluding tert-OH is 2. The van der Waals surface area contributed by atoms with Crippen LogP contribution in [0.15, 0.2) is 18.2 Å². The minimum atomic E-state index is -1.52. The van der Waals surface area contributed by atoms with Crippen LogP contribution in [0.3, 0.4) is 0 Å². The molecule has 1 rings (SSSR count). The van der Waals surface area contributed by atoms with E-state index in [0.717, 1.165) is 0 Å². The molecule has 0 aliphatic rings. The van der Waals surface area contributed by atoms with Gasteiger partial charge in [0.25, 0.3) is 0 Å². The van der Waals surface area contributed by atoms with Crippen molar-refractivity contribution in [2.24, 2.45) is 0 Å². The molecule has 5 heteroatoms. The van der Waals surface area contributed by atoms with Crippen molar-refractivity contribution in [3.63, 3.8) is 0 Å². The van der Waals surface area contributed by atoms with Crippen LogP contribution in [0.5, 0.6) is 5.75 Å². The van der Waals surface area contributed by atoms with Crippen LogP contribution in [-0.2, 0) is 4.79 Å². The van der Waals surface area contributed by atoms with E-state index in [1.54, 1.807) is 19.1 Å². The number of carbonyl (C=O) groups is 1. The molecule has 3 N–H and O–H groups in total. The minimum Gasteiger partial charge on any atom is -0.491 e. The van der Waals surface area contributed by atoms with Crippen molar-refractivity contribution >= 4 is 5.97 Å². The smallest absolute Gasteiger partial charge is 0.337 e. The van der Waals surface area contributed by atoms with E-state index >= 15 is 0 Å². The fourth-order valence-electron chi connectivity index (χ4n) is 1.30. The number of aryl methyl sites for hydroxylation is 1. The molecule has 0 aliphatic heterocycles. The normalized spacial score (nSPS) is 12.2. The zero-order valence-corrected chi connectivity index (χ0v) is 8.88. The Bertz CT molecular complexity index is 375. The Morgan fingerprint density at radius 1 is 1.50 bits per heavy atom. The molecular formula is C11H14O5. The van der Waals surface area contributed by atoms with Crippen molar-refractivity contribution < 1.29 is 24.9 Å². The van der Waals surface area contributed by atoms with Gasteiger partial charge in [-0.1, -0.05) is 6.07 Å². The Morgan fingerprint density at radius 2 is 2.19 bits per heavy atom. The van der Waals surface area contributed by atoms with E-state index in [9.17, 15) is 9.90 Å². The summed E-state index contributed by atoms with van der Waals surface area (Å²) in [6.07, 6.45) is -1.52. The van der Waals surface area contributed by atoms with Gasteiger partial charge >= 0.3 is 5.97 Å². The summed E-state index contributed by atoms with van der Waals surface area (Å²) in [5, 5.41) is 26.5. The summed E-state index contributed by atoms with van der Waals surface area (Å²) in [4.78, 5) is 10.6. The Balaban J connectivity index is 2.86. The first kappa shape index (κ1) is 12.5. The van der Waals surface area contributed by atoms with Crippen LogP contribution in [-0.4, -0.2) is 34.5 Å². The number of ether oxygens (including phenoxy) is 1. The lowest BCUT2D eigenvalue weighted by Gasteiger charge is -2.11. The zero-order valence-electron chi connectivity index (χ0n) is 8.88. The summed E-state index contributed by atoms with van der Waals surface area (Å²) in [5.74, 6) is -0.723. The lowest BCUT2D eigenvalue weighted by molar-refractivity contribution is -0.146. The highest BCUT2D eigenvalue weighted by atomic mass is 16.5. The summed E-state index contributed by atoms with van der Waals surface area (Å²) < 4.78 is 5.20. The van der Waals surface area contributed by atoms with Crippen LogP contribution >= 0.6 is 0 Å². The first-order chi connectivity index (χ1) is 7.56. The number of benzene rings is 1. The molecule has 1 aromatic carbocycles. The van der Waals surface area contributed by atoms with Gasteiger partial charge in [0.1, 0.15) is 12.4 Å². The molecule has 0 aromatic heterocycles. The SMILES string of the molecule is Cc1cc([C@@H](O)C(=O)O)ccc1OCCO. The van der Waals surface area contributed by atoms with Crippen molar-refractivity contribution in [2.45, 2.75) is 13.0 Å². The molecule has 5 nitrogen and oxygen atoms in total. The molecule has 1 aromatic rings. The van der Waals surface area contributed by atoms with E-state index in [-0.39, 0.29) is 13.2 Å². The molecule has 88 valence electrons. The highest BCUT2D eigenvalue weighted by Gasteiger charge is 2.16. The van der Waals surface area contributed by atoms with Crippen molar-refractivity contribution in [1.29, 1.82) is 0 Å². The number of hydrogen-bond acceptors (Lipinski definition) is 4. The maximum atomic E-state index is 10.6. The summed E-state index contributed by atoms with van der Waals surface area (Å²) in [6, 6.07) is 4.61. The maximum absolute atomic E-state index is 10.6. The number of aliphatic hydroxyl groups is 2. The molecule has 1 atom stereocenters. The number of aliphatic carboxylic acids is 1. The van der Waals surface area contributed by atoms with Crippen molar-refractivity contribution in [3.8, 4) is 5.75 Å². The zero-order chi connectivity index (χ0) is 12.1. The lowest BCUT2D eigenvalue weighted by atomic mass is 10.1. The summed E-state index contributed by atoms with van der Waals surface area (Å²) >= 11 is 0. The van der Waals surface area contributed by atoms with E-state index in [0.29, 0.717) is 16.9 Å². The topological polar surface area (TPSA) is 87.0 Å². The number of hydrogen-bond donors (Lipinski definition) is 3. The summed E-state index contributed by atoms with van der Waals surface area (Å²) in [6.45, 7) is 1.84. The first-order valence-electron chi connectivity index (χ1n) is 4.81. The third-order valence-corrected chi connectivity index (χ3v) is 2.10. The fourth-order valence-corrected chi connectivity index (χ4v) is 1.30. The third kappa shape index (κ3) is 2.95. The largest absolute Gasteiger partial charge is 0.491 e. The van der Waals surface area contributed by atoms with Gasteiger partial charge in [0.2, 0.25) is 0 Å². The van der Waals surface area contributed by atoms with Crippen LogP contribution in [0.1, 0.15) is 17.2 Å². The highest BCUT2D eigenvalue weighted by Crippen LogP contribution is 2.22. The maximum Gasteiger partial charge on any atom is 0.337 e. The quantitative estimate of drug-likeness (QED) is 0.680. The predicted octanol–water partition coefficient (Wildman–Crippen LogP) is 0.484. The number of carboxylic acid groups (broad SMARTS) is 1. The Hall–Kier alpha value is -1.59. The first-order valence-corrected chi connectivity index (χ1v) is 4.81. The van der Waals surface area contributed by atoms with Crippen LogP contribution in [0.2, 0.25) is 0 Å². The Morgan fingerprint density at radius 3 is 2.69 bits per heavy atom. The molecule has 16 heavy (non-hydrogen) atoms. The van der Waals surface area contributed by atoms with Crippen molar-refractivity contribution in [2.75, 3.05) is 13.2 Å². The molecule has 0 aliphatic carbocycles. The number of rotatable bonds is 5. The molecule has 0 radical (unpaired) electrons. The van der Waals surface area contributed by atoms with Gasteiger partial charge in [-0.2, -0.15) is 0 Å². The van der Waals surface area contributed by atoms with Gasteiger partial charge in [-0.3, -0.25) is 0 Å². The highest BCUT2D eigenvalue weighted by molar-refractivity contribution is 5.74. The Labute approximate surface area is 92.9 Å². The average Bonchev–Trinajstić information content (AvgIpc) is 2.26. The van der Waals surface area contributed by atoms with Gasteiger partial charge in [-0.25, -0.2) is 4.79 Å². The molecule has 0 bridgehead atoms. The third-order valence-electron chi connectivity index (χ3n) is 2.10. The molecule has 0 saturated heterocycles. The minimum absolute atomic E-state index is 0.0844. The lowest BCUT2D eigenvalue weighted by Crippen LogP contribution is -2.11. The van der Waals surface area contributed by atoms with E-state index in [1.807, 2.05) is 0 Å². The van der Waals surface area contributed by atoms with E-state index in [2.05, 4.69) is 0 Å². The molecule has 0 spiro atoms. The molecule has 0 saturated carbocycles. The van der Waals surface area contributed by atoms with Gasteiger partial charge < -0.3 is 20.1 Å². The predicted molar refractivity (Wildman–Crippen MR) is 56.4 cm³/mol. The fraction of sp³-hybridized carbons (Fsp3) is 0.364. The van der Waals surface area contributed by atoms with Crippen LogP contribution < -0.4 is 4.74 Å². The van der Waals surface area contributed by atoms with Gasteiger partial charge in [-0.05, 0) is 30.2 Å². The monoisotopic (exact) mass is 226 g/mol. The molecule has 0 fully saturated rings. The van der Waals surface area contributed by atoms with E-state index in [1.165, 1.54) is 6.07 Å². The average molecular weight is 226 g/mol. The van der Waals surface area contributed by atoms with E-state index < -0.39 is 12.1 Å². The molecule has 0 heterocycles. The summed E-state index contributed by atoms with van der Waals surface area (Å²) in [7, 11) is 0. The van der Waals surface area contributed by atoms with Crippen LogP contribution in [0.4, 0.5) is 0 Å². The van der Waals surface area contributed by atoms with Crippen molar-refractivity contribution in [3.05, 3.63) is 29.3 Å². The van der Waals surface area contributed by atoms with E-state index in [4.69, 9.17) is 14.9 Å². The second kappa shape index (κ2) is 5.48. The van der Waals surface area contributed by atoms with Crippen LogP contribution in [0, 0.1) is 6.92 Å². The Kier molecular flexibility index (Phi) is 4.28. The second-order valence-corrected chi connectivity index (χ2v) is 3.34. The van der Waals surface area contributed by atoms with Gasteiger partial charge in [0.05, 0.1) is 6.61 Å². The molecular weight excluding hydrogens is 212 g/mol. The molecule has 0 amide bonds. The molecule has 0 unspecified atom stereocenters.